The van der Waals surface area contributed by atoms with E-state index < -0.39 is 0 Å². The Balaban J connectivity index is 1.91. The molecule has 0 saturated carbocycles. The standard InChI is InChI=1S/C15H23NO3/c1-11(13-5-4-8-19-13)16-10-12-6-7-14(17-2)15(9-12)18-3/h6-7,9,11,13,16H,4-5,8,10H2,1-3H3/t11-,13-/m1/s1. The van der Waals surface area contributed by atoms with Gasteiger partial charge < -0.3 is 19.5 Å². The van der Waals surface area contributed by atoms with Crippen molar-refractivity contribution in [2.45, 2.75) is 38.5 Å². The molecule has 2 atom stereocenters. The Morgan fingerprint density at radius 1 is 1.32 bits per heavy atom. The van der Waals surface area contributed by atoms with E-state index in [9.17, 15) is 0 Å². The van der Waals surface area contributed by atoms with Crippen LogP contribution >= 0.6 is 0 Å². The summed E-state index contributed by atoms with van der Waals surface area (Å²) in [5.41, 5.74) is 1.18. The minimum absolute atomic E-state index is 0.347. The van der Waals surface area contributed by atoms with E-state index in [1.54, 1.807) is 14.2 Å². The maximum Gasteiger partial charge on any atom is 0.161 e. The molecule has 1 aromatic carbocycles. The fourth-order valence-corrected chi connectivity index (χ4v) is 2.40. The Morgan fingerprint density at radius 2 is 2.11 bits per heavy atom. The molecule has 2 rings (SSSR count). The third kappa shape index (κ3) is 3.61. The van der Waals surface area contributed by atoms with Crippen molar-refractivity contribution in [2.75, 3.05) is 20.8 Å². The zero-order chi connectivity index (χ0) is 13.7. The van der Waals surface area contributed by atoms with Crippen LogP contribution in [0.1, 0.15) is 25.3 Å². The molecule has 19 heavy (non-hydrogen) atoms. The van der Waals surface area contributed by atoms with Gasteiger partial charge in [0.25, 0.3) is 0 Å². The molecule has 1 saturated heterocycles. The van der Waals surface area contributed by atoms with Gasteiger partial charge in [-0.15, -0.1) is 0 Å². The first-order chi connectivity index (χ1) is 9.24. The Hall–Kier alpha value is -1.26. The van der Waals surface area contributed by atoms with Gasteiger partial charge in [-0.2, -0.15) is 0 Å². The van der Waals surface area contributed by atoms with E-state index in [4.69, 9.17) is 14.2 Å². The van der Waals surface area contributed by atoms with Gasteiger partial charge in [0, 0.05) is 19.2 Å². The lowest BCUT2D eigenvalue weighted by Gasteiger charge is -2.20. The minimum Gasteiger partial charge on any atom is -0.493 e. The molecule has 0 bridgehead atoms. The predicted molar refractivity (Wildman–Crippen MR) is 74.8 cm³/mol. The van der Waals surface area contributed by atoms with Crippen molar-refractivity contribution in [1.82, 2.24) is 5.32 Å². The molecule has 0 aliphatic carbocycles. The van der Waals surface area contributed by atoms with E-state index in [1.165, 1.54) is 12.0 Å². The summed E-state index contributed by atoms with van der Waals surface area (Å²) in [6.45, 7) is 3.88. The van der Waals surface area contributed by atoms with Gasteiger partial charge >= 0.3 is 0 Å². The second kappa shape index (κ2) is 6.78. The maximum atomic E-state index is 5.68. The van der Waals surface area contributed by atoms with Crippen LogP contribution in [0, 0.1) is 0 Å². The van der Waals surface area contributed by atoms with Gasteiger partial charge in [0.15, 0.2) is 11.5 Å². The molecule has 0 aromatic heterocycles. The van der Waals surface area contributed by atoms with Gasteiger partial charge in [-0.05, 0) is 37.5 Å². The third-order valence-corrected chi connectivity index (χ3v) is 3.60. The molecular weight excluding hydrogens is 242 g/mol. The summed E-state index contributed by atoms with van der Waals surface area (Å²) in [5, 5.41) is 3.51. The zero-order valence-corrected chi connectivity index (χ0v) is 11.9. The highest BCUT2D eigenvalue weighted by molar-refractivity contribution is 5.42. The van der Waals surface area contributed by atoms with Crippen LogP contribution in [0.3, 0.4) is 0 Å². The number of nitrogens with one attached hydrogen (secondary N) is 1. The molecule has 1 N–H and O–H groups in total. The molecule has 106 valence electrons. The molecule has 1 heterocycles. The van der Waals surface area contributed by atoms with Crippen LogP contribution in [0.15, 0.2) is 18.2 Å². The van der Waals surface area contributed by atoms with Gasteiger partial charge in [-0.25, -0.2) is 0 Å². The second-order valence-electron chi connectivity index (χ2n) is 4.91. The molecule has 1 aliphatic heterocycles. The molecule has 1 aliphatic rings. The summed E-state index contributed by atoms with van der Waals surface area (Å²) in [7, 11) is 3.30. The van der Waals surface area contributed by atoms with Crippen molar-refractivity contribution < 1.29 is 14.2 Å². The predicted octanol–water partition coefficient (Wildman–Crippen LogP) is 2.36. The number of methoxy groups -OCH3 is 2. The van der Waals surface area contributed by atoms with Crippen LogP contribution in [0.25, 0.3) is 0 Å². The molecule has 1 aromatic rings. The van der Waals surface area contributed by atoms with Crippen LogP contribution in [-0.2, 0) is 11.3 Å². The smallest absolute Gasteiger partial charge is 0.161 e. The second-order valence-corrected chi connectivity index (χ2v) is 4.91. The fourth-order valence-electron chi connectivity index (χ4n) is 2.40. The highest BCUT2D eigenvalue weighted by Crippen LogP contribution is 2.27. The third-order valence-electron chi connectivity index (χ3n) is 3.60. The summed E-state index contributed by atoms with van der Waals surface area (Å²) in [5.74, 6) is 1.53. The highest BCUT2D eigenvalue weighted by atomic mass is 16.5. The average Bonchev–Trinajstić information content (AvgIpc) is 2.98. The number of rotatable bonds is 6. The van der Waals surface area contributed by atoms with Gasteiger partial charge in [0.1, 0.15) is 0 Å². The summed E-state index contributed by atoms with van der Waals surface area (Å²) < 4.78 is 16.2. The van der Waals surface area contributed by atoms with Crippen LogP contribution in [0.5, 0.6) is 11.5 Å². The number of hydrogen-bond acceptors (Lipinski definition) is 4. The van der Waals surface area contributed by atoms with Gasteiger partial charge in [0.2, 0.25) is 0 Å². The monoisotopic (exact) mass is 265 g/mol. The van der Waals surface area contributed by atoms with E-state index in [1.807, 2.05) is 12.1 Å². The largest absolute Gasteiger partial charge is 0.493 e. The quantitative estimate of drug-likeness (QED) is 0.857. The van der Waals surface area contributed by atoms with E-state index in [0.717, 1.165) is 31.1 Å². The van der Waals surface area contributed by atoms with Crippen molar-refractivity contribution in [3.63, 3.8) is 0 Å². The van der Waals surface area contributed by atoms with Crippen LogP contribution < -0.4 is 14.8 Å². The van der Waals surface area contributed by atoms with Crippen molar-refractivity contribution in [3.8, 4) is 11.5 Å². The molecule has 0 spiro atoms. The molecule has 1 fully saturated rings. The molecule has 4 nitrogen and oxygen atoms in total. The Morgan fingerprint density at radius 3 is 2.74 bits per heavy atom. The normalized spacial score (nSPS) is 20.3. The average molecular weight is 265 g/mol. The van der Waals surface area contributed by atoms with Crippen molar-refractivity contribution in [3.05, 3.63) is 23.8 Å². The lowest BCUT2D eigenvalue weighted by molar-refractivity contribution is 0.0832. The summed E-state index contributed by atoms with van der Waals surface area (Å²) in [4.78, 5) is 0. The first kappa shape index (κ1) is 14.2. The minimum atomic E-state index is 0.347. The summed E-state index contributed by atoms with van der Waals surface area (Å²) in [6.07, 6.45) is 2.67. The van der Waals surface area contributed by atoms with Crippen LogP contribution in [-0.4, -0.2) is 33.0 Å². The Bertz CT molecular complexity index is 402. The highest BCUT2D eigenvalue weighted by Gasteiger charge is 2.21. The number of hydrogen-bond donors (Lipinski definition) is 1. The van der Waals surface area contributed by atoms with Crippen molar-refractivity contribution >= 4 is 0 Å². The number of ether oxygens (including phenoxy) is 3. The Kier molecular flexibility index (Phi) is 5.05. The molecule has 0 unspecified atom stereocenters. The van der Waals surface area contributed by atoms with Crippen molar-refractivity contribution in [2.24, 2.45) is 0 Å². The maximum absolute atomic E-state index is 5.68. The lowest BCUT2D eigenvalue weighted by atomic mass is 10.1. The number of benzene rings is 1. The van der Waals surface area contributed by atoms with Gasteiger partial charge in [-0.3, -0.25) is 0 Å². The SMILES string of the molecule is COc1ccc(CN[C@H](C)[C@H]2CCCO2)cc1OC. The fraction of sp³-hybridized carbons (Fsp3) is 0.600. The first-order valence-electron chi connectivity index (χ1n) is 6.80. The van der Waals surface area contributed by atoms with Crippen LogP contribution in [0.4, 0.5) is 0 Å². The molecule has 0 radical (unpaired) electrons. The Labute approximate surface area is 115 Å². The molecule has 4 heteroatoms. The molecule has 0 amide bonds. The summed E-state index contributed by atoms with van der Waals surface area (Å²) in [6, 6.07) is 6.37. The van der Waals surface area contributed by atoms with E-state index >= 15 is 0 Å². The summed E-state index contributed by atoms with van der Waals surface area (Å²) >= 11 is 0. The topological polar surface area (TPSA) is 39.7 Å². The van der Waals surface area contributed by atoms with E-state index in [-0.39, 0.29) is 0 Å². The van der Waals surface area contributed by atoms with Crippen molar-refractivity contribution in [1.29, 1.82) is 0 Å². The van der Waals surface area contributed by atoms with E-state index in [0.29, 0.717) is 12.1 Å². The lowest BCUT2D eigenvalue weighted by Crippen LogP contribution is -2.36. The molecular formula is C15H23NO3. The van der Waals surface area contributed by atoms with Crippen LogP contribution in [0.2, 0.25) is 0 Å². The first-order valence-corrected chi connectivity index (χ1v) is 6.80. The van der Waals surface area contributed by atoms with E-state index in [2.05, 4.69) is 18.3 Å². The zero-order valence-electron chi connectivity index (χ0n) is 11.9. The van der Waals surface area contributed by atoms with Gasteiger partial charge in [-0.1, -0.05) is 6.07 Å². The van der Waals surface area contributed by atoms with Gasteiger partial charge in [0.05, 0.1) is 20.3 Å².